The normalized spacial score (nSPS) is 19.2. The molecule has 2 aromatic carbocycles. The predicted molar refractivity (Wildman–Crippen MR) is 127 cm³/mol. The van der Waals surface area contributed by atoms with E-state index in [0.29, 0.717) is 16.2 Å². The standard InChI is InChI=1S/C21H15BrCl2F6N2O2S/c1-9(35-2)18(33)31-15-4-3-10(5-13(15)22)16-8-19(34-32-16,21(28,29)30)11-6-12(20(25,26)27)17(24)14(23)7-11/h3-7,9H,8H2,1-2H3,(H,31,33). The molecule has 0 aliphatic carbocycles. The van der Waals surface area contributed by atoms with Crippen molar-refractivity contribution in [1.29, 1.82) is 0 Å². The molecule has 0 bridgehead atoms. The van der Waals surface area contributed by atoms with Gasteiger partial charge in [-0.15, -0.1) is 0 Å². The van der Waals surface area contributed by atoms with Crippen LogP contribution in [0.5, 0.6) is 0 Å². The maximum atomic E-state index is 14.2. The van der Waals surface area contributed by atoms with Crippen molar-refractivity contribution in [2.45, 2.75) is 36.5 Å². The number of alkyl halides is 6. The summed E-state index contributed by atoms with van der Waals surface area (Å²) in [7, 11) is 0. The molecule has 1 aliphatic rings. The monoisotopic (exact) mass is 622 g/mol. The Labute approximate surface area is 218 Å². The number of hydrogen-bond donors (Lipinski definition) is 1. The Hall–Kier alpha value is -1.63. The highest BCUT2D eigenvalue weighted by Gasteiger charge is 2.63. The van der Waals surface area contributed by atoms with Gasteiger partial charge in [0.25, 0.3) is 5.60 Å². The van der Waals surface area contributed by atoms with Gasteiger partial charge in [0.15, 0.2) is 0 Å². The van der Waals surface area contributed by atoms with Crippen LogP contribution >= 0.6 is 50.9 Å². The van der Waals surface area contributed by atoms with Gasteiger partial charge in [0.1, 0.15) is 0 Å². The predicted octanol–water partition coefficient (Wildman–Crippen LogP) is 8.05. The maximum Gasteiger partial charge on any atom is 0.435 e. The molecule has 0 saturated carbocycles. The van der Waals surface area contributed by atoms with Crippen LogP contribution in [-0.2, 0) is 21.4 Å². The van der Waals surface area contributed by atoms with Crippen molar-refractivity contribution in [1.82, 2.24) is 0 Å². The Kier molecular flexibility index (Phi) is 8.01. The van der Waals surface area contributed by atoms with Crippen LogP contribution in [-0.4, -0.2) is 29.3 Å². The van der Waals surface area contributed by atoms with Crippen molar-refractivity contribution in [3.8, 4) is 0 Å². The van der Waals surface area contributed by atoms with Gasteiger partial charge in [-0.2, -0.15) is 38.1 Å². The maximum absolute atomic E-state index is 14.2. The molecule has 0 spiro atoms. The van der Waals surface area contributed by atoms with E-state index in [-0.39, 0.29) is 28.5 Å². The summed E-state index contributed by atoms with van der Waals surface area (Å²) in [6.07, 6.45) is -9.37. The van der Waals surface area contributed by atoms with Crippen LogP contribution in [0.1, 0.15) is 30.0 Å². The SMILES string of the molecule is CSC(C)C(=O)Nc1ccc(C2=NOC(c3cc(Cl)c(Cl)c(C(F)(F)F)c3)(C(F)(F)F)C2)cc1Br. The molecule has 190 valence electrons. The molecule has 2 unspecified atom stereocenters. The lowest BCUT2D eigenvalue weighted by atomic mass is 9.85. The topological polar surface area (TPSA) is 50.7 Å². The molecule has 0 saturated heterocycles. The molecule has 35 heavy (non-hydrogen) atoms. The number of rotatable bonds is 5. The number of carbonyl (C=O) groups is 1. The average molecular weight is 624 g/mol. The Morgan fingerprint density at radius 2 is 1.86 bits per heavy atom. The molecule has 4 nitrogen and oxygen atoms in total. The van der Waals surface area contributed by atoms with Crippen molar-refractivity contribution in [2.24, 2.45) is 5.16 Å². The minimum absolute atomic E-state index is 0.169. The third kappa shape index (κ3) is 5.55. The molecule has 0 aromatic heterocycles. The van der Waals surface area contributed by atoms with E-state index in [9.17, 15) is 31.1 Å². The van der Waals surface area contributed by atoms with E-state index in [1.54, 1.807) is 13.2 Å². The number of thioether (sulfide) groups is 1. The lowest BCUT2D eigenvalue weighted by molar-refractivity contribution is -0.276. The third-order valence-electron chi connectivity index (χ3n) is 5.27. The minimum atomic E-state index is -5.16. The summed E-state index contributed by atoms with van der Waals surface area (Å²) in [6.45, 7) is 1.71. The first-order valence-electron chi connectivity index (χ1n) is 9.63. The molecule has 0 radical (unpaired) electrons. The Balaban J connectivity index is 1.98. The van der Waals surface area contributed by atoms with Crippen LogP contribution in [0.2, 0.25) is 10.0 Å². The van der Waals surface area contributed by atoms with Gasteiger partial charge in [0.05, 0.1) is 32.3 Å². The summed E-state index contributed by atoms with van der Waals surface area (Å²) in [6, 6.07) is 5.24. The van der Waals surface area contributed by atoms with E-state index in [1.807, 2.05) is 0 Å². The Morgan fingerprint density at radius 1 is 1.20 bits per heavy atom. The van der Waals surface area contributed by atoms with Gasteiger partial charge in [0, 0.05) is 22.0 Å². The molecule has 0 fully saturated rings. The largest absolute Gasteiger partial charge is 0.435 e. The first-order chi connectivity index (χ1) is 16.1. The summed E-state index contributed by atoms with van der Waals surface area (Å²) in [4.78, 5) is 16.9. The number of anilines is 1. The van der Waals surface area contributed by atoms with Gasteiger partial charge < -0.3 is 10.2 Å². The lowest BCUT2D eigenvalue weighted by Gasteiger charge is -2.30. The van der Waals surface area contributed by atoms with Crippen molar-refractivity contribution in [2.75, 3.05) is 11.6 Å². The highest BCUT2D eigenvalue weighted by molar-refractivity contribution is 9.10. The van der Waals surface area contributed by atoms with Crippen LogP contribution in [0, 0.1) is 0 Å². The fourth-order valence-electron chi connectivity index (χ4n) is 3.22. The van der Waals surface area contributed by atoms with Crippen molar-refractivity contribution in [3.05, 3.63) is 61.5 Å². The first-order valence-corrected chi connectivity index (χ1v) is 12.5. The van der Waals surface area contributed by atoms with Gasteiger partial charge in [-0.25, -0.2) is 0 Å². The molecule has 14 heteroatoms. The smallest absolute Gasteiger partial charge is 0.374 e. The number of benzene rings is 2. The van der Waals surface area contributed by atoms with E-state index >= 15 is 0 Å². The number of hydrogen-bond acceptors (Lipinski definition) is 4. The highest BCUT2D eigenvalue weighted by atomic mass is 79.9. The van der Waals surface area contributed by atoms with Gasteiger partial charge in [-0.1, -0.05) is 34.4 Å². The Bertz CT molecular complexity index is 1190. The molecule has 2 aromatic rings. The zero-order chi connectivity index (χ0) is 26.3. The van der Waals surface area contributed by atoms with Crippen LogP contribution in [0.3, 0.4) is 0 Å². The van der Waals surface area contributed by atoms with Gasteiger partial charge in [0.2, 0.25) is 5.91 Å². The number of nitrogens with one attached hydrogen (secondary N) is 1. The van der Waals surface area contributed by atoms with Crippen LogP contribution < -0.4 is 5.32 Å². The molecule has 1 N–H and O–H groups in total. The van der Waals surface area contributed by atoms with E-state index < -0.39 is 45.5 Å². The zero-order valence-corrected chi connectivity index (χ0v) is 21.7. The van der Waals surface area contributed by atoms with Gasteiger partial charge >= 0.3 is 12.4 Å². The quantitative estimate of drug-likeness (QED) is 0.343. The third-order valence-corrected chi connectivity index (χ3v) is 7.65. The first kappa shape index (κ1) is 27.9. The number of nitrogens with zero attached hydrogens (tertiary/aromatic N) is 1. The minimum Gasteiger partial charge on any atom is -0.374 e. The second-order valence-corrected chi connectivity index (χ2v) is 10.3. The van der Waals surface area contributed by atoms with Crippen molar-refractivity contribution < 1.29 is 36.0 Å². The van der Waals surface area contributed by atoms with E-state index in [2.05, 4.69) is 26.4 Å². The summed E-state index contributed by atoms with van der Waals surface area (Å²) < 4.78 is 83.2. The van der Waals surface area contributed by atoms with Gasteiger partial charge in [-0.05, 0) is 53.4 Å². The van der Waals surface area contributed by atoms with Crippen molar-refractivity contribution >= 4 is 68.2 Å². The Morgan fingerprint density at radius 3 is 2.40 bits per heavy atom. The molecule has 2 atom stereocenters. The van der Waals surface area contributed by atoms with Gasteiger partial charge in [-0.3, -0.25) is 4.79 Å². The summed E-state index contributed by atoms with van der Waals surface area (Å²) in [5.74, 6) is -0.274. The zero-order valence-electron chi connectivity index (χ0n) is 17.7. The average Bonchev–Trinajstić information content (AvgIpc) is 3.22. The second kappa shape index (κ2) is 10.0. The highest BCUT2D eigenvalue weighted by Crippen LogP contribution is 2.51. The summed E-state index contributed by atoms with van der Waals surface area (Å²) in [5, 5.41) is 4.27. The van der Waals surface area contributed by atoms with E-state index in [4.69, 9.17) is 28.0 Å². The van der Waals surface area contributed by atoms with Crippen LogP contribution in [0.25, 0.3) is 0 Å². The second-order valence-electron chi connectivity index (χ2n) is 7.51. The van der Waals surface area contributed by atoms with E-state index in [0.717, 1.165) is 0 Å². The molecular formula is C21H15BrCl2F6N2O2S. The van der Waals surface area contributed by atoms with Crippen molar-refractivity contribution in [3.63, 3.8) is 0 Å². The molecule has 3 rings (SSSR count). The van der Waals surface area contributed by atoms with E-state index in [1.165, 1.54) is 30.0 Å². The fourth-order valence-corrected chi connectivity index (χ4v) is 4.41. The number of amides is 1. The number of oxime groups is 1. The molecule has 1 amide bonds. The lowest BCUT2D eigenvalue weighted by Crippen LogP contribution is -2.43. The number of halogens is 9. The summed E-state index contributed by atoms with van der Waals surface area (Å²) >= 11 is 15.9. The van der Waals surface area contributed by atoms with Crippen LogP contribution in [0.15, 0.2) is 40.0 Å². The number of carbonyl (C=O) groups excluding carboxylic acids is 1. The molecule has 1 aliphatic heterocycles. The molecular weight excluding hydrogens is 609 g/mol. The summed E-state index contributed by atoms with van der Waals surface area (Å²) in [5.41, 5.74) is -5.22. The fraction of sp³-hybridized carbons (Fsp3) is 0.333. The molecule has 1 heterocycles. The van der Waals surface area contributed by atoms with Crippen LogP contribution in [0.4, 0.5) is 32.0 Å².